The highest BCUT2D eigenvalue weighted by atomic mass is 32.1. The van der Waals surface area contributed by atoms with Gasteiger partial charge in [0.2, 0.25) is 6.79 Å². The van der Waals surface area contributed by atoms with E-state index in [1.807, 2.05) is 0 Å². The summed E-state index contributed by atoms with van der Waals surface area (Å²) in [6, 6.07) is 5.24. The van der Waals surface area contributed by atoms with Crippen molar-refractivity contribution in [2.45, 2.75) is 13.1 Å². The van der Waals surface area contributed by atoms with Gasteiger partial charge in [0, 0.05) is 5.56 Å². The third-order valence-electron chi connectivity index (χ3n) is 3.38. The van der Waals surface area contributed by atoms with Crippen molar-refractivity contribution in [1.29, 1.82) is 0 Å². The van der Waals surface area contributed by atoms with Gasteiger partial charge in [0.1, 0.15) is 0 Å². The number of rotatable bonds is 1. The van der Waals surface area contributed by atoms with E-state index in [0.717, 1.165) is 10.6 Å². The molecule has 0 saturated heterocycles. The molecule has 1 aromatic carbocycles. The maximum atomic E-state index is 12.5. The van der Waals surface area contributed by atoms with Crippen LogP contribution in [0.15, 0.2) is 18.2 Å². The Morgan fingerprint density at radius 2 is 2.15 bits per heavy atom. The number of aromatic nitrogens is 1. The molecule has 7 heteroatoms. The molecule has 0 aliphatic carbocycles. The zero-order chi connectivity index (χ0) is 13.7. The zero-order valence-electron chi connectivity index (χ0n) is 10.5. The van der Waals surface area contributed by atoms with Crippen molar-refractivity contribution in [2.24, 2.45) is 0 Å². The molecule has 4 rings (SSSR count). The molecule has 102 valence electrons. The molecule has 0 radical (unpaired) electrons. The summed E-state index contributed by atoms with van der Waals surface area (Å²) in [6.07, 6.45) is 0. The van der Waals surface area contributed by atoms with Crippen molar-refractivity contribution >= 4 is 22.4 Å². The van der Waals surface area contributed by atoms with Crippen LogP contribution in [0.4, 0.5) is 5.13 Å². The minimum Gasteiger partial charge on any atom is -0.454 e. The van der Waals surface area contributed by atoms with Gasteiger partial charge < -0.3 is 20.1 Å². The summed E-state index contributed by atoms with van der Waals surface area (Å²) in [4.78, 5) is 19.5. The van der Waals surface area contributed by atoms with Gasteiger partial charge in [-0.1, -0.05) is 0 Å². The lowest BCUT2D eigenvalue weighted by Gasteiger charge is -2.15. The van der Waals surface area contributed by atoms with Crippen LogP contribution in [-0.2, 0) is 13.1 Å². The molecule has 0 unspecified atom stereocenters. The molecule has 0 saturated carbocycles. The van der Waals surface area contributed by atoms with E-state index in [-0.39, 0.29) is 12.7 Å². The maximum Gasteiger partial charge on any atom is 0.254 e. The van der Waals surface area contributed by atoms with Gasteiger partial charge in [-0.25, -0.2) is 4.98 Å². The fraction of sp³-hybridized carbons (Fsp3) is 0.231. The van der Waals surface area contributed by atoms with Crippen LogP contribution in [0, 0.1) is 0 Å². The Balaban J connectivity index is 1.58. The van der Waals surface area contributed by atoms with E-state index in [4.69, 9.17) is 15.2 Å². The minimum atomic E-state index is -0.0351. The quantitative estimate of drug-likeness (QED) is 0.863. The number of benzene rings is 1. The standard InChI is InChI=1S/C13H11N3O3S/c14-13-15-8-4-16(5-11(8)20-13)12(17)7-1-2-9-10(3-7)19-6-18-9/h1-3H,4-6H2,(H2,14,15). The Morgan fingerprint density at radius 1 is 1.30 bits per heavy atom. The summed E-state index contributed by atoms with van der Waals surface area (Å²) in [5, 5.41) is 0.560. The van der Waals surface area contributed by atoms with E-state index < -0.39 is 0 Å². The van der Waals surface area contributed by atoms with Gasteiger partial charge in [0.25, 0.3) is 5.91 Å². The van der Waals surface area contributed by atoms with Gasteiger partial charge in [-0.05, 0) is 18.2 Å². The van der Waals surface area contributed by atoms with Crippen molar-refractivity contribution in [3.63, 3.8) is 0 Å². The third-order valence-corrected chi connectivity index (χ3v) is 4.29. The van der Waals surface area contributed by atoms with E-state index in [1.54, 1.807) is 23.1 Å². The lowest BCUT2D eigenvalue weighted by molar-refractivity contribution is 0.0750. The molecule has 0 atom stereocenters. The van der Waals surface area contributed by atoms with Crippen LogP contribution in [0.2, 0.25) is 0 Å². The molecule has 1 amide bonds. The van der Waals surface area contributed by atoms with E-state index >= 15 is 0 Å². The van der Waals surface area contributed by atoms with Crippen LogP contribution in [0.3, 0.4) is 0 Å². The Bertz CT molecular complexity index is 689. The number of nitrogen functional groups attached to an aromatic ring is 1. The Morgan fingerprint density at radius 3 is 3.00 bits per heavy atom. The second kappa shape index (κ2) is 4.11. The van der Waals surface area contributed by atoms with Gasteiger partial charge >= 0.3 is 0 Å². The summed E-state index contributed by atoms with van der Waals surface area (Å²) in [6.45, 7) is 1.28. The smallest absolute Gasteiger partial charge is 0.254 e. The highest BCUT2D eigenvalue weighted by Crippen LogP contribution is 2.34. The first-order chi connectivity index (χ1) is 9.70. The van der Waals surface area contributed by atoms with E-state index in [2.05, 4.69) is 4.98 Å². The first kappa shape index (κ1) is 11.5. The van der Waals surface area contributed by atoms with Gasteiger partial charge in [-0.2, -0.15) is 0 Å². The first-order valence-electron chi connectivity index (χ1n) is 6.14. The zero-order valence-corrected chi connectivity index (χ0v) is 11.3. The lowest BCUT2D eigenvalue weighted by atomic mass is 10.2. The highest BCUT2D eigenvalue weighted by molar-refractivity contribution is 7.15. The second-order valence-corrected chi connectivity index (χ2v) is 5.77. The molecule has 2 aliphatic heterocycles. The summed E-state index contributed by atoms with van der Waals surface area (Å²) in [5.74, 6) is 1.26. The van der Waals surface area contributed by atoms with Crippen LogP contribution in [0.1, 0.15) is 20.9 Å². The predicted octanol–water partition coefficient (Wildman–Crippen LogP) is 1.61. The van der Waals surface area contributed by atoms with Crippen molar-refractivity contribution in [3.05, 3.63) is 34.3 Å². The van der Waals surface area contributed by atoms with E-state index in [9.17, 15) is 4.79 Å². The molecule has 3 heterocycles. The monoisotopic (exact) mass is 289 g/mol. The number of anilines is 1. The van der Waals surface area contributed by atoms with Crippen LogP contribution in [-0.4, -0.2) is 22.6 Å². The fourth-order valence-corrected chi connectivity index (χ4v) is 3.27. The summed E-state index contributed by atoms with van der Waals surface area (Å²) in [7, 11) is 0. The van der Waals surface area contributed by atoms with Gasteiger partial charge in [-0.3, -0.25) is 4.79 Å². The van der Waals surface area contributed by atoms with Gasteiger partial charge in [-0.15, -0.1) is 11.3 Å². The van der Waals surface area contributed by atoms with Crippen molar-refractivity contribution in [2.75, 3.05) is 12.5 Å². The van der Waals surface area contributed by atoms with Crippen molar-refractivity contribution in [3.8, 4) is 11.5 Å². The highest BCUT2D eigenvalue weighted by Gasteiger charge is 2.28. The number of nitrogens with zero attached hydrogens (tertiary/aromatic N) is 2. The topological polar surface area (TPSA) is 77.7 Å². The van der Waals surface area contributed by atoms with Crippen LogP contribution >= 0.6 is 11.3 Å². The lowest BCUT2D eigenvalue weighted by Crippen LogP contribution is -2.25. The number of ether oxygens (including phenoxy) is 2. The molecule has 2 aromatic rings. The minimum absolute atomic E-state index is 0.0351. The van der Waals surface area contributed by atoms with E-state index in [1.165, 1.54) is 11.3 Å². The molecular formula is C13H11N3O3S. The van der Waals surface area contributed by atoms with Crippen LogP contribution in [0.25, 0.3) is 0 Å². The average molecular weight is 289 g/mol. The Kier molecular flexibility index (Phi) is 2.37. The molecule has 0 spiro atoms. The molecule has 2 N–H and O–H groups in total. The number of nitrogens with two attached hydrogens (primary N) is 1. The summed E-state index contributed by atoms with van der Waals surface area (Å²) >= 11 is 1.44. The fourth-order valence-electron chi connectivity index (χ4n) is 2.42. The maximum absolute atomic E-state index is 12.5. The molecule has 2 aliphatic rings. The summed E-state index contributed by atoms with van der Waals surface area (Å²) in [5.41, 5.74) is 7.16. The van der Waals surface area contributed by atoms with E-state index in [0.29, 0.717) is 35.3 Å². The molecule has 0 bridgehead atoms. The molecular weight excluding hydrogens is 278 g/mol. The number of carbonyl (C=O) groups is 1. The predicted molar refractivity (Wildman–Crippen MR) is 72.7 cm³/mol. The number of fused-ring (bicyclic) bond motifs is 2. The van der Waals surface area contributed by atoms with Gasteiger partial charge in [0.15, 0.2) is 16.6 Å². The SMILES string of the molecule is Nc1nc2c(s1)CN(C(=O)c1ccc3c(c1)OCO3)C2. The van der Waals surface area contributed by atoms with Crippen LogP contribution < -0.4 is 15.2 Å². The number of thiazole rings is 1. The molecule has 1 aromatic heterocycles. The second-order valence-electron chi connectivity index (χ2n) is 4.65. The largest absolute Gasteiger partial charge is 0.454 e. The molecule has 20 heavy (non-hydrogen) atoms. The number of hydrogen-bond donors (Lipinski definition) is 1. The third kappa shape index (κ3) is 1.70. The Labute approximate surface area is 118 Å². The Hall–Kier alpha value is -2.28. The first-order valence-corrected chi connectivity index (χ1v) is 6.95. The van der Waals surface area contributed by atoms with Gasteiger partial charge in [0.05, 0.1) is 23.7 Å². The molecule has 6 nitrogen and oxygen atoms in total. The number of hydrogen-bond acceptors (Lipinski definition) is 6. The van der Waals surface area contributed by atoms with Crippen molar-refractivity contribution < 1.29 is 14.3 Å². The number of carbonyl (C=O) groups excluding carboxylic acids is 1. The number of amides is 1. The molecule has 0 fully saturated rings. The summed E-state index contributed by atoms with van der Waals surface area (Å²) < 4.78 is 10.5. The average Bonchev–Trinajstić information content (AvgIpc) is 3.09. The van der Waals surface area contributed by atoms with Crippen molar-refractivity contribution in [1.82, 2.24) is 9.88 Å². The normalized spacial score (nSPS) is 15.5. The van der Waals surface area contributed by atoms with Crippen LogP contribution in [0.5, 0.6) is 11.5 Å².